The zero-order chi connectivity index (χ0) is 20.5. The molecule has 2 amide bonds. The molecule has 3 aromatic rings. The third-order valence-corrected chi connectivity index (χ3v) is 4.95. The molecule has 0 saturated carbocycles. The lowest BCUT2D eigenvalue weighted by atomic mass is 10.1. The van der Waals surface area contributed by atoms with Gasteiger partial charge in [0, 0.05) is 24.6 Å². The van der Waals surface area contributed by atoms with Crippen LogP contribution in [0, 0.1) is 0 Å². The number of para-hydroxylation sites is 1. The van der Waals surface area contributed by atoms with Crippen LogP contribution in [-0.2, 0) is 16.1 Å². The lowest BCUT2D eigenvalue weighted by molar-refractivity contribution is -0.121. The molecule has 2 N–H and O–H groups in total. The van der Waals surface area contributed by atoms with Gasteiger partial charge in [0.05, 0.1) is 5.69 Å². The largest absolute Gasteiger partial charge is 0.508 e. The van der Waals surface area contributed by atoms with E-state index in [9.17, 15) is 14.7 Å². The Hall–Kier alpha value is -3.58. The molecule has 0 aliphatic carbocycles. The Morgan fingerprint density at radius 2 is 1.76 bits per heavy atom. The summed E-state index contributed by atoms with van der Waals surface area (Å²) in [7, 11) is 0. The molecule has 0 aromatic heterocycles. The van der Waals surface area contributed by atoms with Gasteiger partial charge >= 0.3 is 0 Å². The first-order valence-electron chi connectivity index (χ1n) is 8.97. The van der Waals surface area contributed by atoms with E-state index in [0.29, 0.717) is 16.8 Å². The van der Waals surface area contributed by atoms with Crippen molar-refractivity contribution in [3.05, 3.63) is 71.8 Å². The minimum Gasteiger partial charge on any atom is -0.508 e. The van der Waals surface area contributed by atoms with Crippen molar-refractivity contribution in [1.29, 1.82) is 0 Å². The van der Waals surface area contributed by atoms with Crippen LogP contribution in [0.2, 0.25) is 0 Å². The summed E-state index contributed by atoms with van der Waals surface area (Å²) in [6, 6.07) is 18.2. The van der Waals surface area contributed by atoms with Gasteiger partial charge in [-0.2, -0.15) is 0 Å². The van der Waals surface area contributed by atoms with Crippen molar-refractivity contribution in [3.8, 4) is 5.75 Å². The van der Waals surface area contributed by atoms with Crippen LogP contribution in [0.25, 0.3) is 10.8 Å². The van der Waals surface area contributed by atoms with E-state index in [2.05, 4.69) is 10.3 Å². The highest BCUT2D eigenvalue weighted by atomic mass is 32.1. The smallest absolute Gasteiger partial charge is 0.284 e. The number of nitrogens with zero attached hydrogens (tertiary/aromatic N) is 2. The lowest BCUT2D eigenvalue weighted by Crippen LogP contribution is -2.35. The molecular weight excluding hydrogens is 386 g/mol. The van der Waals surface area contributed by atoms with Crippen LogP contribution >= 0.6 is 12.2 Å². The predicted octanol–water partition coefficient (Wildman–Crippen LogP) is 3.30. The molecule has 29 heavy (non-hydrogen) atoms. The predicted molar refractivity (Wildman–Crippen MR) is 116 cm³/mol. The highest BCUT2D eigenvalue weighted by molar-refractivity contribution is 7.80. The highest BCUT2D eigenvalue weighted by Gasteiger charge is 2.36. The molecule has 0 bridgehead atoms. The third-order valence-electron chi connectivity index (χ3n) is 4.71. The standard InChI is InChI=1S/C22H17N3O3S/c1-13(26)25-18-9-5-4-8-17(18)20(21(25)28)24-22(29)23-12-16-10-14-6-2-3-7-15(14)11-19(16)27/h2-11,27H,12H2,1H3,(H,23,29). The summed E-state index contributed by atoms with van der Waals surface area (Å²) in [5.41, 5.74) is 1.84. The summed E-state index contributed by atoms with van der Waals surface area (Å²) in [6.45, 7) is 1.58. The number of benzene rings is 3. The normalized spacial score (nSPS) is 14.3. The Bertz CT molecular complexity index is 1200. The number of phenolic OH excluding ortho intramolecular Hbond substituents is 1. The number of aliphatic imine (C=N–C) groups is 1. The molecule has 0 unspecified atom stereocenters. The summed E-state index contributed by atoms with van der Waals surface area (Å²) < 4.78 is 0. The van der Waals surface area contributed by atoms with E-state index in [1.54, 1.807) is 30.3 Å². The van der Waals surface area contributed by atoms with E-state index >= 15 is 0 Å². The van der Waals surface area contributed by atoms with Gasteiger partial charge in [-0.1, -0.05) is 42.5 Å². The second kappa shape index (κ2) is 7.44. The Balaban J connectivity index is 1.57. The Labute approximate surface area is 172 Å². The van der Waals surface area contributed by atoms with Crippen LogP contribution in [0.3, 0.4) is 0 Å². The molecular formula is C22H17N3O3S. The second-order valence-corrected chi connectivity index (χ2v) is 7.01. The first kappa shape index (κ1) is 18.8. The zero-order valence-electron chi connectivity index (χ0n) is 15.5. The number of imide groups is 1. The summed E-state index contributed by atoms with van der Waals surface area (Å²) in [6.07, 6.45) is 0. The fraction of sp³-hybridized carbons (Fsp3) is 0.0909. The maximum Gasteiger partial charge on any atom is 0.284 e. The van der Waals surface area contributed by atoms with E-state index in [-0.39, 0.29) is 29.0 Å². The van der Waals surface area contributed by atoms with Crippen LogP contribution in [0.5, 0.6) is 5.75 Å². The minimum atomic E-state index is -0.503. The van der Waals surface area contributed by atoms with Gasteiger partial charge in [-0.25, -0.2) is 9.89 Å². The molecule has 6 nitrogen and oxygen atoms in total. The zero-order valence-corrected chi connectivity index (χ0v) is 16.4. The monoisotopic (exact) mass is 403 g/mol. The first-order valence-corrected chi connectivity index (χ1v) is 9.38. The molecule has 3 aromatic carbocycles. The van der Waals surface area contributed by atoms with E-state index in [1.807, 2.05) is 30.3 Å². The molecule has 7 heteroatoms. The van der Waals surface area contributed by atoms with Gasteiger partial charge in [-0.3, -0.25) is 9.59 Å². The maximum absolute atomic E-state index is 12.7. The van der Waals surface area contributed by atoms with Crippen LogP contribution in [0.4, 0.5) is 5.69 Å². The number of phenols is 1. The summed E-state index contributed by atoms with van der Waals surface area (Å²) in [4.78, 5) is 29.9. The van der Waals surface area contributed by atoms with E-state index < -0.39 is 5.91 Å². The van der Waals surface area contributed by atoms with E-state index in [0.717, 1.165) is 15.7 Å². The van der Waals surface area contributed by atoms with Crippen molar-refractivity contribution in [2.75, 3.05) is 4.90 Å². The minimum absolute atomic E-state index is 0.0983. The average Bonchev–Trinajstić information content (AvgIpc) is 2.98. The van der Waals surface area contributed by atoms with Crippen molar-refractivity contribution in [3.63, 3.8) is 0 Å². The van der Waals surface area contributed by atoms with Gasteiger partial charge in [0.1, 0.15) is 11.5 Å². The van der Waals surface area contributed by atoms with Gasteiger partial charge in [-0.05, 0) is 41.2 Å². The molecule has 0 fully saturated rings. The Morgan fingerprint density at radius 3 is 2.48 bits per heavy atom. The van der Waals surface area contributed by atoms with Crippen LogP contribution in [0.1, 0.15) is 18.1 Å². The second-order valence-electron chi connectivity index (χ2n) is 6.62. The first-order chi connectivity index (χ1) is 14.0. The molecule has 144 valence electrons. The van der Waals surface area contributed by atoms with Crippen molar-refractivity contribution >= 4 is 51.3 Å². The molecule has 0 atom stereocenters. The number of hydrogen-bond acceptors (Lipinski definition) is 4. The van der Waals surface area contributed by atoms with Crippen molar-refractivity contribution in [2.45, 2.75) is 13.5 Å². The van der Waals surface area contributed by atoms with Gasteiger partial charge in [-0.15, -0.1) is 0 Å². The van der Waals surface area contributed by atoms with E-state index in [4.69, 9.17) is 12.2 Å². The summed E-state index contributed by atoms with van der Waals surface area (Å²) in [5, 5.41) is 15.2. The molecule has 1 aliphatic rings. The molecule has 4 rings (SSSR count). The number of amides is 2. The number of nitrogens with one attached hydrogen (secondary N) is 1. The number of thiocarbonyl (C=S) groups is 1. The van der Waals surface area contributed by atoms with Crippen LogP contribution < -0.4 is 10.2 Å². The molecule has 1 aliphatic heterocycles. The van der Waals surface area contributed by atoms with Gasteiger partial charge < -0.3 is 10.4 Å². The van der Waals surface area contributed by atoms with Crippen molar-refractivity contribution in [2.24, 2.45) is 4.99 Å². The number of hydrogen-bond donors (Lipinski definition) is 2. The fourth-order valence-corrected chi connectivity index (χ4v) is 3.51. The number of rotatable bonds is 2. The van der Waals surface area contributed by atoms with Crippen LogP contribution in [-0.4, -0.2) is 27.7 Å². The summed E-state index contributed by atoms with van der Waals surface area (Å²) in [5.74, 6) is -0.735. The lowest BCUT2D eigenvalue weighted by Gasteiger charge is -2.11. The molecule has 0 radical (unpaired) electrons. The molecule has 0 spiro atoms. The Morgan fingerprint density at radius 1 is 1.10 bits per heavy atom. The molecule has 1 heterocycles. The third kappa shape index (κ3) is 3.48. The van der Waals surface area contributed by atoms with E-state index in [1.165, 1.54) is 6.92 Å². The van der Waals surface area contributed by atoms with Gasteiger partial charge in [0.25, 0.3) is 5.91 Å². The quantitative estimate of drug-likeness (QED) is 0.642. The number of anilines is 1. The fourth-order valence-electron chi connectivity index (χ4n) is 3.35. The maximum atomic E-state index is 12.7. The highest BCUT2D eigenvalue weighted by Crippen LogP contribution is 2.29. The topological polar surface area (TPSA) is 82.0 Å². The van der Waals surface area contributed by atoms with Crippen molar-refractivity contribution in [1.82, 2.24) is 5.32 Å². The Kier molecular flexibility index (Phi) is 4.82. The summed E-state index contributed by atoms with van der Waals surface area (Å²) >= 11 is 5.28. The average molecular weight is 403 g/mol. The van der Waals surface area contributed by atoms with Crippen molar-refractivity contribution < 1.29 is 14.7 Å². The van der Waals surface area contributed by atoms with Gasteiger partial charge in [0.15, 0.2) is 5.11 Å². The number of aromatic hydroxyl groups is 1. The SMILES string of the molecule is CC(=O)N1C(=O)C(=NC(=S)NCc2cc3ccccc3cc2O)c2ccccc21. The number of fused-ring (bicyclic) bond motifs is 2. The number of carbonyl (C=O) groups excluding carboxylic acids is 2. The van der Waals surface area contributed by atoms with Gasteiger partial charge in [0.2, 0.25) is 5.91 Å². The number of carbonyl (C=O) groups is 2. The molecule has 0 saturated heterocycles. The van der Waals surface area contributed by atoms with Crippen LogP contribution in [0.15, 0.2) is 65.7 Å².